The van der Waals surface area contributed by atoms with Gasteiger partial charge in [0.05, 0.1) is 16.8 Å². The Morgan fingerprint density at radius 2 is 1.86 bits per heavy atom. The number of halogens is 2. The van der Waals surface area contributed by atoms with Gasteiger partial charge in [-0.3, -0.25) is 0 Å². The number of rotatable bonds is 3. The van der Waals surface area contributed by atoms with Crippen LogP contribution in [0.2, 0.25) is 5.02 Å². The maximum atomic E-state index is 11.9. The molecule has 2 aromatic rings. The smallest absolute Gasteiger partial charge is 0.323 e. The molecule has 3 N–H and O–H groups in total. The first-order chi connectivity index (χ1) is 9.95. The van der Waals surface area contributed by atoms with Gasteiger partial charge in [-0.25, -0.2) is 4.79 Å². The van der Waals surface area contributed by atoms with E-state index in [4.69, 9.17) is 11.6 Å². The summed E-state index contributed by atoms with van der Waals surface area (Å²) in [5.41, 5.74) is 1.94. The van der Waals surface area contributed by atoms with Crippen molar-refractivity contribution in [2.75, 3.05) is 10.6 Å². The molecular formula is C15H14BrClN2O2. The van der Waals surface area contributed by atoms with Gasteiger partial charge in [-0.1, -0.05) is 39.7 Å². The van der Waals surface area contributed by atoms with Crippen molar-refractivity contribution in [3.63, 3.8) is 0 Å². The second-order valence-electron chi connectivity index (χ2n) is 4.50. The third-order valence-corrected chi connectivity index (χ3v) is 3.64. The van der Waals surface area contributed by atoms with E-state index in [1.165, 1.54) is 0 Å². The van der Waals surface area contributed by atoms with E-state index < -0.39 is 6.10 Å². The molecular weight excluding hydrogens is 356 g/mol. The molecule has 21 heavy (non-hydrogen) atoms. The van der Waals surface area contributed by atoms with Crippen molar-refractivity contribution in [1.82, 2.24) is 0 Å². The molecule has 0 saturated heterocycles. The van der Waals surface area contributed by atoms with Crippen molar-refractivity contribution < 1.29 is 9.90 Å². The Hall–Kier alpha value is -1.56. The van der Waals surface area contributed by atoms with Gasteiger partial charge in [-0.2, -0.15) is 0 Å². The van der Waals surface area contributed by atoms with Crippen LogP contribution < -0.4 is 10.6 Å². The van der Waals surface area contributed by atoms with Gasteiger partial charge in [0.15, 0.2) is 0 Å². The van der Waals surface area contributed by atoms with Crippen molar-refractivity contribution in [1.29, 1.82) is 0 Å². The molecule has 0 aliphatic rings. The highest BCUT2D eigenvalue weighted by atomic mass is 79.9. The number of hydrogen-bond acceptors (Lipinski definition) is 2. The third-order valence-electron chi connectivity index (χ3n) is 2.83. The lowest BCUT2D eigenvalue weighted by Gasteiger charge is -2.10. The molecule has 0 bridgehead atoms. The topological polar surface area (TPSA) is 61.4 Å². The molecule has 1 unspecified atom stereocenters. The van der Waals surface area contributed by atoms with Gasteiger partial charge in [0.1, 0.15) is 0 Å². The molecule has 0 aliphatic heterocycles. The zero-order valence-electron chi connectivity index (χ0n) is 11.2. The highest BCUT2D eigenvalue weighted by Gasteiger charge is 2.07. The number of nitrogens with one attached hydrogen (secondary N) is 2. The first kappa shape index (κ1) is 15.8. The van der Waals surface area contributed by atoms with Crippen molar-refractivity contribution in [2.45, 2.75) is 13.0 Å². The predicted octanol–water partition coefficient (Wildman–Crippen LogP) is 4.80. The van der Waals surface area contributed by atoms with E-state index in [0.717, 1.165) is 10.0 Å². The molecule has 4 nitrogen and oxygen atoms in total. The maximum absolute atomic E-state index is 11.9. The minimum Gasteiger partial charge on any atom is -0.389 e. The zero-order valence-corrected chi connectivity index (χ0v) is 13.6. The number of carbonyl (C=O) groups is 1. The van der Waals surface area contributed by atoms with Crippen molar-refractivity contribution in [2.24, 2.45) is 0 Å². The fraction of sp³-hybridized carbons (Fsp3) is 0.133. The van der Waals surface area contributed by atoms with Crippen LogP contribution in [0.15, 0.2) is 46.9 Å². The maximum Gasteiger partial charge on any atom is 0.323 e. The summed E-state index contributed by atoms with van der Waals surface area (Å²) in [6, 6.07) is 11.8. The second kappa shape index (κ2) is 6.93. The minimum absolute atomic E-state index is 0.385. The number of aliphatic hydroxyl groups is 1. The summed E-state index contributed by atoms with van der Waals surface area (Å²) in [6.45, 7) is 1.69. The van der Waals surface area contributed by atoms with Gasteiger partial charge in [-0.15, -0.1) is 0 Å². The Labute approximate surface area is 136 Å². The Bertz CT molecular complexity index is 645. The standard InChI is InChI=1S/C15H14BrClN2O2/c1-9(20)10-2-5-12(6-3-10)18-15(21)19-14-7-4-11(16)8-13(14)17/h2-9,20H,1H3,(H2,18,19,21). The minimum atomic E-state index is -0.533. The molecule has 2 aromatic carbocycles. The van der Waals surface area contributed by atoms with Crippen LogP contribution in [0, 0.1) is 0 Å². The molecule has 110 valence electrons. The molecule has 0 heterocycles. The summed E-state index contributed by atoms with van der Waals surface area (Å²) < 4.78 is 0.840. The SMILES string of the molecule is CC(O)c1ccc(NC(=O)Nc2ccc(Br)cc2Cl)cc1. The van der Waals surface area contributed by atoms with Crippen LogP contribution in [0.25, 0.3) is 0 Å². The summed E-state index contributed by atoms with van der Waals surface area (Å²) in [4.78, 5) is 11.9. The molecule has 2 rings (SSSR count). The van der Waals surface area contributed by atoms with Gasteiger partial charge in [0.2, 0.25) is 0 Å². The Kier molecular flexibility index (Phi) is 5.22. The lowest BCUT2D eigenvalue weighted by molar-refractivity contribution is 0.199. The molecule has 0 radical (unpaired) electrons. The van der Waals surface area contributed by atoms with Crippen molar-refractivity contribution in [3.8, 4) is 0 Å². The summed E-state index contributed by atoms with van der Waals surface area (Å²) >= 11 is 9.33. The first-order valence-corrected chi connectivity index (χ1v) is 7.44. The molecule has 0 saturated carbocycles. The van der Waals surface area contributed by atoms with Crippen LogP contribution >= 0.6 is 27.5 Å². The second-order valence-corrected chi connectivity index (χ2v) is 5.82. The van der Waals surface area contributed by atoms with Crippen LogP contribution in [0.4, 0.5) is 16.2 Å². The lowest BCUT2D eigenvalue weighted by Crippen LogP contribution is -2.19. The fourth-order valence-electron chi connectivity index (χ4n) is 1.72. The largest absolute Gasteiger partial charge is 0.389 e. The quantitative estimate of drug-likeness (QED) is 0.728. The number of anilines is 2. The van der Waals surface area contributed by atoms with E-state index in [9.17, 15) is 9.90 Å². The summed E-state index contributed by atoms with van der Waals surface area (Å²) in [6.07, 6.45) is -0.533. The van der Waals surface area contributed by atoms with Crippen LogP contribution in [-0.2, 0) is 0 Å². The van der Waals surface area contributed by atoms with Crippen molar-refractivity contribution >= 4 is 44.9 Å². The van der Waals surface area contributed by atoms with E-state index in [2.05, 4.69) is 26.6 Å². The average Bonchev–Trinajstić information content (AvgIpc) is 2.42. The van der Waals surface area contributed by atoms with E-state index in [1.54, 1.807) is 49.4 Å². The molecule has 6 heteroatoms. The Morgan fingerprint density at radius 3 is 2.43 bits per heavy atom. The monoisotopic (exact) mass is 368 g/mol. The lowest BCUT2D eigenvalue weighted by atomic mass is 10.1. The number of carbonyl (C=O) groups excluding carboxylic acids is 1. The molecule has 0 aromatic heterocycles. The zero-order chi connectivity index (χ0) is 15.4. The summed E-state index contributed by atoms with van der Waals surface area (Å²) in [5, 5.41) is 15.2. The van der Waals surface area contributed by atoms with Crippen LogP contribution in [-0.4, -0.2) is 11.1 Å². The average molecular weight is 370 g/mol. The van der Waals surface area contributed by atoms with Crippen molar-refractivity contribution in [3.05, 3.63) is 57.5 Å². The number of amides is 2. The highest BCUT2D eigenvalue weighted by molar-refractivity contribution is 9.10. The number of hydrogen-bond donors (Lipinski definition) is 3. The number of aliphatic hydroxyl groups excluding tert-OH is 1. The Balaban J connectivity index is 2.01. The first-order valence-electron chi connectivity index (χ1n) is 6.27. The number of urea groups is 1. The number of benzene rings is 2. The van der Waals surface area contributed by atoms with E-state index >= 15 is 0 Å². The molecule has 0 fully saturated rings. The Morgan fingerprint density at radius 1 is 1.19 bits per heavy atom. The van der Waals surface area contributed by atoms with Gasteiger partial charge < -0.3 is 15.7 Å². The fourth-order valence-corrected chi connectivity index (χ4v) is 2.44. The normalized spacial score (nSPS) is 11.8. The van der Waals surface area contributed by atoms with Crippen LogP contribution in [0.1, 0.15) is 18.6 Å². The van der Waals surface area contributed by atoms with Crippen LogP contribution in [0.5, 0.6) is 0 Å². The van der Waals surface area contributed by atoms with E-state index in [1.807, 2.05) is 0 Å². The van der Waals surface area contributed by atoms with Gasteiger partial charge >= 0.3 is 6.03 Å². The highest BCUT2D eigenvalue weighted by Crippen LogP contribution is 2.25. The van der Waals surface area contributed by atoms with Gasteiger partial charge in [0, 0.05) is 10.2 Å². The van der Waals surface area contributed by atoms with Crippen LogP contribution in [0.3, 0.4) is 0 Å². The molecule has 0 spiro atoms. The van der Waals surface area contributed by atoms with E-state index in [0.29, 0.717) is 16.4 Å². The molecule has 2 amide bonds. The molecule has 0 aliphatic carbocycles. The predicted molar refractivity (Wildman–Crippen MR) is 88.9 cm³/mol. The third kappa shape index (κ3) is 4.46. The van der Waals surface area contributed by atoms with E-state index in [-0.39, 0.29) is 6.03 Å². The molecule has 1 atom stereocenters. The van der Waals surface area contributed by atoms with Gasteiger partial charge in [0.25, 0.3) is 0 Å². The van der Waals surface area contributed by atoms with Gasteiger partial charge in [-0.05, 0) is 42.8 Å². The summed E-state index contributed by atoms with van der Waals surface area (Å²) in [5.74, 6) is 0. The summed E-state index contributed by atoms with van der Waals surface area (Å²) in [7, 11) is 0.